The van der Waals surface area contributed by atoms with Gasteiger partial charge < -0.3 is 4.42 Å². The molecule has 0 aliphatic carbocycles. The van der Waals surface area contributed by atoms with E-state index in [0.717, 1.165) is 11.2 Å². The fraction of sp³-hybridized carbons (Fsp3) is 0. The first-order valence-corrected chi connectivity index (χ1v) is 18.3. The van der Waals surface area contributed by atoms with E-state index in [4.69, 9.17) is 4.42 Å². The van der Waals surface area contributed by atoms with Crippen LogP contribution in [-0.4, -0.2) is 0 Å². The molecule has 1 heteroatoms. The van der Waals surface area contributed by atoms with Crippen LogP contribution >= 0.6 is 0 Å². The zero-order chi connectivity index (χ0) is 34.6. The summed E-state index contributed by atoms with van der Waals surface area (Å²) in [5.41, 5.74) is 6.78. The molecule has 0 saturated heterocycles. The van der Waals surface area contributed by atoms with Crippen molar-refractivity contribution in [3.05, 3.63) is 182 Å². The fourth-order valence-electron chi connectivity index (χ4n) is 9.40. The van der Waals surface area contributed by atoms with Crippen LogP contribution in [0.1, 0.15) is 0 Å². The van der Waals surface area contributed by atoms with Gasteiger partial charge in [0.1, 0.15) is 11.2 Å². The highest BCUT2D eigenvalue weighted by atomic mass is 16.3. The lowest BCUT2D eigenvalue weighted by Gasteiger charge is -2.20. The summed E-state index contributed by atoms with van der Waals surface area (Å²) in [4.78, 5) is 0. The lowest BCUT2D eigenvalue weighted by molar-refractivity contribution is 0.669. The average Bonchev–Trinajstić information content (AvgIpc) is 3.61. The predicted octanol–water partition coefficient (Wildman–Crippen LogP) is 15.0. The maximum Gasteiger partial charge on any atom is 0.136 e. The molecular weight excluding hydrogens is 641 g/mol. The first-order chi connectivity index (χ1) is 26.3. The van der Waals surface area contributed by atoms with E-state index in [2.05, 4.69) is 182 Å². The minimum absolute atomic E-state index is 0.912. The second-order valence-electron chi connectivity index (χ2n) is 14.3. The third-order valence-corrected chi connectivity index (χ3v) is 11.6. The molecule has 1 aromatic heterocycles. The van der Waals surface area contributed by atoms with Gasteiger partial charge in [-0.1, -0.05) is 164 Å². The predicted molar refractivity (Wildman–Crippen MR) is 227 cm³/mol. The maximum atomic E-state index is 6.77. The molecule has 0 unspecified atom stereocenters. The topological polar surface area (TPSA) is 13.1 Å². The maximum absolute atomic E-state index is 6.77. The van der Waals surface area contributed by atoms with Gasteiger partial charge in [-0.15, -0.1) is 0 Å². The van der Waals surface area contributed by atoms with Crippen molar-refractivity contribution in [2.24, 2.45) is 0 Å². The van der Waals surface area contributed by atoms with E-state index in [0.29, 0.717) is 0 Å². The normalized spacial score (nSPS) is 12.2. The Hall–Kier alpha value is -6.96. The molecule has 0 spiro atoms. The van der Waals surface area contributed by atoms with Gasteiger partial charge in [0.05, 0.1) is 0 Å². The molecule has 0 aliphatic heterocycles. The van der Waals surface area contributed by atoms with E-state index in [9.17, 15) is 0 Å². The second-order valence-corrected chi connectivity index (χ2v) is 14.3. The van der Waals surface area contributed by atoms with E-state index in [1.807, 2.05) is 0 Å². The van der Waals surface area contributed by atoms with E-state index >= 15 is 0 Å². The average molecular weight is 671 g/mol. The Kier molecular flexibility index (Phi) is 5.84. The molecule has 0 bridgehead atoms. The zero-order valence-corrected chi connectivity index (χ0v) is 28.7. The van der Waals surface area contributed by atoms with Crippen LogP contribution in [0.25, 0.3) is 120 Å². The van der Waals surface area contributed by atoms with E-state index in [1.54, 1.807) is 0 Å². The quantitative estimate of drug-likeness (QED) is 0.132. The summed E-state index contributed by atoms with van der Waals surface area (Å²) >= 11 is 0. The Morgan fingerprint density at radius 3 is 1.19 bits per heavy atom. The lowest BCUT2D eigenvalue weighted by Crippen LogP contribution is -1.93. The second kappa shape index (κ2) is 10.8. The summed E-state index contributed by atoms with van der Waals surface area (Å²) in [5, 5.41) is 19.8. The Balaban J connectivity index is 1.23. The third-order valence-electron chi connectivity index (χ3n) is 11.6. The first kappa shape index (κ1) is 28.7. The smallest absolute Gasteiger partial charge is 0.136 e. The number of hydrogen-bond donors (Lipinski definition) is 0. The van der Waals surface area contributed by atoms with Crippen molar-refractivity contribution in [2.75, 3.05) is 0 Å². The first-order valence-electron chi connectivity index (χ1n) is 18.3. The summed E-state index contributed by atoms with van der Waals surface area (Å²) in [6.45, 7) is 0. The molecule has 0 radical (unpaired) electrons. The number of furan rings is 1. The van der Waals surface area contributed by atoms with Crippen LogP contribution in [0.5, 0.6) is 0 Å². The molecule has 11 aromatic carbocycles. The minimum Gasteiger partial charge on any atom is -0.456 e. The number of hydrogen-bond acceptors (Lipinski definition) is 1. The van der Waals surface area contributed by atoms with Gasteiger partial charge in [-0.25, -0.2) is 0 Å². The molecule has 0 saturated carbocycles. The van der Waals surface area contributed by atoms with Gasteiger partial charge in [0.15, 0.2) is 0 Å². The highest BCUT2D eigenvalue weighted by molar-refractivity contribution is 6.32. The van der Waals surface area contributed by atoms with Gasteiger partial charge in [-0.2, -0.15) is 0 Å². The molecule has 1 nitrogen and oxygen atoms in total. The number of rotatable bonds is 2. The summed E-state index contributed by atoms with van der Waals surface area (Å²) in [5.74, 6) is 0. The molecule has 12 rings (SSSR count). The largest absolute Gasteiger partial charge is 0.456 e. The van der Waals surface area contributed by atoms with Crippen molar-refractivity contribution < 1.29 is 4.42 Å². The Bertz CT molecular complexity index is 3450. The molecule has 0 aliphatic rings. The molecule has 244 valence electrons. The molecule has 53 heavy (non-hydrogen) atoms. The van der Waals surface area contributed by atoms with Gasteiger partial charge >= 0.3 is 0 Å². The van der Waals surface area contributed by atoms with Gasteiger partial charge in [0.2, 0.25) is 0 Å². The van der Waals surface area contributed by atoms with Crippen LogP contribution in [0.2, 0.25) is 0 Å². The van der Waals surface area contributed by atoms with Gasteiger partial charge in [-0.3, -0.25) is 0 Å². The van der Waals surface area contributed by atoms with Crippen LogP contribution in [0.3, 0.4) is 0 Å². The molecule has 0 atom stereocenters. The van der Waals surface area contributed by atoms with Crippen molar-refractivity contribution in [1.29, 1.82) is 0 Å². The van der Waals surface area contributed by atoms with E-state index < -0.39 is 0 Å². The summed E-state index contributed by atoms with van der Waals surface area (Å²) in [6.07, 6.45) is 0. The van der Waals surface area contributed by atoms with Crippen molar-refractivity contribution in [3.8, 4) is 22.3 Å². The van der Waals surface area contributed by atoms with Crippen molar-refractivity contribution >= 4 is 97.3 Å². The van der Waals surface area contributed by atoms with Crippen LogP contribution in [0.15, 0.2) is 186 Å². The van der Waals surface area contributed by atoms with Gasteiger partial charge in [-0.05, 0) is 116 Å². The number of benzene rings is 11. The molecular formula is C52H30O. The number of fused-ring (bicyclic) bond motifs is 14. The van der Waals surface area contributed by atoms with Crippen LogP contribution in [0.4, 0.5) is 0 Å². The summed E-state index contributed by atoms with van der Waals surface area (Å²) in [6, 6.07) is 66.8. The van der Waals surface area contributed by atoms with Crippen LogP contribution in [0, 0.1) is 0 Å². The molecule has 0 fully saturated rings. The lowest BCUT2D eigenvalue weighted by atomic mass is 9.82. The SMILES string of the molecule is c1ccc2c(c1)ccc1cc(-c3c4ccccc4c(-c4cc5oc6ccc7ccccc7c6c5c5ccccc45)c4ccccc34)c3ccccc3c12. The van der Waals surface area contributed by atoms with Crippen molar-refractivity contribution in [2.45, 2.75) is 0 Å². The molecule has 0 N–H and O–H groups in total. The monoisotopic (exact) mass is 670 g/mol. The van der Waals surface area contributed by atoms with Crippen molar-refractivity contribution in [3.63, 3.8) is 0 Å². The Labute approximate surface area is 304 Å². The Morgan fingerprint density at radius 1 is 0.245 bits per heavy atom. The van der Waals surface area contributed by atoms with Gasteiger partial charge in [0, 0.05) is 10.8 Å². The third kappa shape index (κ3) is 3.97. The highest BCUT2D eigenvalue weighted by Gasteiger charge is 2.23. The fourth-order valence-corrected chi connectivity index (χ4v) is 9.40. The molecule has 1 heterocycles. The summed E-state index contributed by atoms with van der Waals surface area (Å²) < 4.78 is 6.77. The van der Waals surface area contributed by atoms with Crippen LogP contribution < -0.4 is 0 Å². The summed E-state index contributed by atoms with van der Waals surface area (Å²) in [7, 11) is 0. The van der Waals surface area contributed by atoms with E-state index in [1.165, 1.54) is 108 Å². The Morgan fingerprint density at radius 2 is 0.623 bits per heavy atom. The van der Waals surface area contributed by atoms with Crippen molar-refractivity contribution in [1.82, 2.24) is 0 Å². The van der Waals surface area contributed by atoms with Crippen LogP contribution in [-0.2, 0) is 0 Å². The molecule has 0 amide bonds. The highest BCUT2D eigenvalue weighted by Crippen LogP contribution is 2.50. The zero-order valence-electron chi connectivity index (χ0n) is 28.7. The molecule has 12 aromatic rings. The van der Waals surface area contributed by atoms with Gasteiger partial charge in [0.25, 0.3) is 0 Å². The minimum atomic E-state index is 0.912. The van der Waals surface area contributed by atoms with E-state index in [-0.39, 0.29) is 0 Å². The standard InChI is InChI=1S/C52H30O/c1-3-15-34-31(13-1)25-26-33-29-44(36-17-5-7-19-38(36)48(33)34)49-40-21-9-11-23-42(40)50(43-24-12-10-22-41(43)49)45-30-47-52(39-20-8-6-18-37(39)45)51-35-16-4-2-14-32(35)27-28-46(51)53-47/h1-30H.